The van der Waals surface area contributed by atoms with Crippen molar-refractivity contribution in [2.24, 2.45) is 0 Å². The molecular formula is C66H58Si2. The number of benzene rings is 10. The zero-order valence-electron chi connectivity index (χ0n) is 40.6. The van der Waals surface area contributed by atoms with E-state index in [-0.39, 0.29) is 10.8 Å². The van der Waals surface area contributed by atoms with Crippen LogP contribution in [0.15, 0.2) is 206 Å². The fraction of sp³-hybridized carbons (Fsp3) is 0.152. The van der Waals surface area contributed by atoms with Gasteiger partial charge in [-0.2, -0.15) is 0 Å². The van der Waals surface area contributed by atoms with Gasteiger partial charge in [-0.3, -0.25) is 0 Å². The molecule has 0 nitrogen and oxygen atoms in total. The summed E-state index contributed by atoms with van der Waals surface area (Å²) < 4.78 is 0. The molecule has 2 aliphatic heterocycles. The van der Waals surface area contributed by atoms with Crippen LogP contribution >= 0.6 is 0 Å². The third-order valence-corrected chi connectivity index (χ3v) is 23.5. The lowest BCUT2D eigenvalue weighted by Gasteiger charge is -2.44. The van der Waals surface area contributed by atoms with Crippen LogP contribution in [0.4, 0.5) is 0 Å². The number of hydrogen-bond donors (Lipinski definition) is 0. The Bertz CT molecular complexity index is 3420. The summed E-state index contributed by atoms with van der Waals surface area (Å²) in [6, 6.07) is 78.7. The Hall–Kier alpha value is -6.85. The second kappa shape index (κ2) is 15.3. The average molecular weight is 907 g/mol. The largest absolute Gasteiger partial charge is 0.113 e. The first-order valence-corrected chi connectivity index (χ1v) is 30.5. The molecule has 0 saturated heterocycles. The highest BCUT2D eigenvalue weighted by Gasteiger charge is 2.45. The molecule has 0 bridgehead atoms. The molecule has 0 amide bonds. The molecule has 12 rings (SSSR count). The van der Waals surface area contributed by atoms with Gasteiger partial charge in [-0.25, -0.2) is 0 Å². The lowest BCUT2D eigenvalue weighted by Crippen LogP contribution is -2.62. The summed E-state index contributed by atoms with van der Waals surface area (Å²) in [5, 5.41) is 11.3. The molecule has 10 aromatic rings. The summed E-state index contributed by atoms with van der Waals surface area (Å²) in [5.74, 6) is 0. The van der Waals surface area contributed by atoms with Gasteiger partial charge in [0.15, 0.2) is 0 Å². The molecule has 0 unspecified atom stereocenters. The van der Waals surface area contributed by atoms with Crippen molar-refractivity contribution in [1.82, 2.24) is 0 Å². The van der Waals surface area contributed by atoms with Gasteiger partial charge in [0.2, 0.25) is 0 Å². The summed E-state index contributed by atoms with van der Waals surface area (Å²) in [4.78, 5) is 0. The van der Waals surface area contributed by atoms with Gasteiger partial charge in [-0.05, 0) is 116 Å². The highest BCUT2D eigenvalue weighted by Crippen LogP contribution is 2.45. The smallest absolute Gasteiger partial charge is 0.0623 e. The van der Waals surface area contributed by atoms with Crippen molar-refractivity contribution in [2.75, 3.05) is 0 Å². The van der Waals surface area contributed by atoms with Crippen LogP contribution < -0.4 is 20.7 Å². The molecule has 2 aliphatic rings. The van der Waals surface area contributed by atoms with Gasteiger partial charge >= 0.3 is 0 Å². The third kappa shape index (κ3) is 6.23. The molecule has 10 aromatic carbocycles. The first-order chi connectivity index (χ1) is 32.8. The lowest BCUT2D eigenvalue weighted by atomic mass is 9.76. The molecule has 0 fully saturated rings. The Balaban J connectivity index is 0.986. The van der Waals surface area contributed by atoms with Gasteiger partial charge in [0.1, 0.15) is 16.1 Å². The topological polar surface area (TPSA) is 0 Å². The standard InChI is InChI=1S/C66H58Si2/c1-65(2)56-28-12-14-32-60(56)67(5,6)63-50(24-18-30-58(63)65)45-38-34-43(35-39-45)48-22-16-26-52-54(48)42-55-49(23-17-27-53(55)62(52)47-20-10-9-11-21-47)44-36-40-46(41-37-44)51-25-19-31-59-64(51)68(7,8)61-33-15-13-29-57(61)66(59,3)4/h9-42H,1-8H3. The average Bonchev–Trinajstić information content (AvgIpc) is 3.37. The highest BCUT2D eigenvalue weighted by molar-refractivity contribution is 7.02. The van der Waals surface area contributed by atoms with Gasteiger partial charge in [-0.1, -0.05) is 264 Å². The molecule has 2 heteroatoms. The molecule has 0 saturated carbocycles. The van der Waals surface area contributed by atoms with Crippen molar-refractivity contribution < 1.29 is 0 Å². The van der Waals surface area contributed by atoms with E-state index in [0.29, 0.717) is 0 Å². The monoisotopic (exact) mass is 906 g/mol. The fourth-order valence-electron chi connectivity index (χ4n) is 12.9. The van der Waals surface area contributed by atoms with Gasteiger partial charge in [-0.15, -0.1) is 0 Å². The Kier molecular flexibility index (Phi) is 9.59. The zero-order valence-corrected chi connectivity index (χ0v) is 42.6. The Morgan fingerprint density at radius 1 is 0.279 bits per heavy atom. The van der Waals surface area contributed by atoms with E-state index in [2.05, 4.69) is 260 Å². The van der Waals surface area contributed by atoms with Gasteiger partial charge in [0, 0.05) is 10.8 Å². The van der Waals surface area contributed by atoms with E-state index in [1.165, 1.54) is 99.4 Å². The van der Waals surface area contributed by atoms with E-state index in [4.69, 9.17) is 0 Å². The molecule has 0 radical (unpaired) electrons. The number of rotatable bonds is 5. The van der Waals surface area contributed by atoms with E-state index in [0.717, 1.165) is 0 Å². The van der Waals surface area contributed by atoms with E-state index >= 15 is 0 Å². The minimum atomic E-state index is -2.01. The van der Waals surface area contributed by atoms with Gasteiger partial charge in [0.25, 0.3) is 0 Å². The van der Waals surface area contributed by atoms with Gasteiger partial charge < -0.3 is 0 Å². The normalized spacial score (nSPS) is 15.8. The lowest BCUT2D eigenvalue weighted by molar-refractivity contribution is 0.645. The molecule has 330 valence electrons. The van der Waals surface area contributed by atoms with E-state index in [1.807, 2.05) is 0 Å². The van der Waals surface area contributed by atoms with Crippen molar-refractivity contribution in [3.05, 3.63) is 229 Å². The second-order valence-electron chi connectivity index (χ2n) is 21.6. The zero-order chi connectivity index (χ0) is 46.7. The van der Waals surface area contributed by atoms with Crippen molar-refractivity contribution in [1.29, 1.82) is 0 Å². The van der Waals surface area contributed by atoms with E-state index in [9.17, 15) is 0 Å². The predicted molar refractivity (Wildman–Crippen MR) is 299 cm³/mol. The quantitative estimate of drug-likeness (QED) is 0.119. The second-order valence-corrected chi connectivity index (χ2v) is 30.2. The maximum Gasteiger partial charge on any atom is 0.113 e. The van der Waals surface area contributed by atoms with Crippen LogP contribution in [0.25, 0.3) is 77.2 Å². The molecular weight excluding hydrogens is 849 g/mol. The third-order valence-electron chi connectivity index (χ3n) is 16.4. The summed E-state index contributed by atoms with van der Waals surface area (Å²) in [6.45, 7) is 19.8. The Labute approximate surface area is 405 Å². The predicted octanol–water partition coefficient (Wildman–Crippen LogP) is 15.3. The van der Waals surface area contributed by atoms with Crippen LogP contribution in [-0.2, 0) is 10.8 Å². The molecule has 0 aliphatic carbocycles. The summed E-state index contributed by atoms with van der Waals surface area (Å²) in [6.07, 6.45) is 0. The summed E-state index contributed by atoms with van der Waals surface area (Å²) in [5.41, 5.74) is 18.7. The number of hydrogen-bond acceptors (Lipinski definition) is 0. The van der Waals surface area contributed by atoms with E-state index in [1.54, 1.807) is 20.7 Å². The first kappa shape index (κ1) is 42.5. The van der Waals surface area contributed by atoms with Crippen LogP contribution in [0.1, 0.15) is 49.9 Å². The molecule has 68 heavy (non-hydrogen) atoms. The van der Waals surface area contributed by atoms with Crippen LogP contribution in [0.3, 0.4) is 0 Å². The minimum Gasteiger partial charge on any atom is -0.0623 e. The maximum atomic E-state index is 2.54. The highest BCUT2D eigenvalue weighted by atomic mass is 28.3. The van der Waals surface area contributed by atoms with Crippen LogP contribution in [0, 0.1) is 0 Å². The molecule has 0 aromatic heterocycles. The van der Waals surface area contributed by atoms with Crippen molar-refractivity contribution >= 4 is 58.4 Å². The Morgan fingerprint density at radius 3 is 1.04 bits per heavy atom. The molecule has 0 N–H and O–H groups in total. The summed E-state index contributed by atoms with van der Waals surface area (Å²) >= 11 is 0. The SMILES string of the molecule is CC1(C)c2ccccc2[Si](C)(C)c2c(-c3ccc(-c4cccc5c(-c6ccccc6)c6cccc(-c7ccc(-c8cccc9c8[Si](C)(C)c8ccccc8C9(C)C)cc7)c6cc45)cc3)cccc21. The molecule has 0 spiro atoms. The maximum absolute atomic E-state index is 2.54. The number of fused-ring (bicyclic) bond motifs is 6. The first-order valence-electron chi connectivity index (χ1n) is 24.5. The van der Waals surface area contributed by atoms with Crippen LogP contribution in [0.5, 0.6) is 0 Å². The Morgan fingerprint density at radius 2 is 0.618 bits per heavy atom. The molecule has 2 heterocycles. The van der Waals surface area contributed by atoms with Crippen LogP contribution in [-0.4, -0.2) is 16.1 Å². The summed E-state index contributed by atoms with van der Waals surface area (Å²) in [7, 11) is -4.02. The van der Waals surface area contributed by atoms with Crippen molar-refractivity contribution in [2.45, 2.75) is 64.7 Å². The van der Waals surface area contributed by atoms with Crippen LogP contribution in [0.2, 0.25) is 26.2 Å². The van der Waals surface area contributed by atoms with Crippen molar-refractivity contribution in [3.8, 4) is 55.6 Å². The van der Waals surface area contributed by atoms with E-state index < -0.39 is 16.1 Å². The molecule has 0 atom stereocenters. The van der Waals surface area contributed by atoms with Gasteiger partial charge in [0.05, 0.1) is 0 Å². The van der Waals surface area contributed by atoms with Crippen molar-refractivity contribution in [3.63, 3.8) is 0 Å². The fourth-order valence-corrected chi connectivity index (χ4v) is 20.6. The minimum absolute atomic E-state index is 0.0571.